The molecule has 4 N–H and O–H groups in total. The number of fused-ring (bicyclic) bond motifs is 1. The average Bonchev–Trinajstić information content (AvgIpc) is 3.49. The number of guanidine groups is 1. The smallest absolute Gasteiger partial charge is 0.328 e. The Hall–Kier alpha value is -3.96. The van der Waals surface area contributed by atoms with Gasteiger partial charge in [-0.25, -0.2) is 4.79 Å². The number of amides is 2. The third kappa shape index (κ3) is 6.60. The van der Waals surface area contributed by atoms with E-state index >= 15 is 0 Å². The summed E-state index contributed by atoms with van der Waals surface area (Å²) in [6.07, 6.45) is 5.18. The van der Waals surface area contributed by atoms with Gasteiger partial charge in [-0.15, -0.1) is 4.91 Å². The summed E-state index contributed by atoms with van der Waals surface area (Å²) in [4.78, 5) is 52.1. The molecule has 4 rings (SSSR count). The van der Waals surface area contributed by atoms with Crippen molar-refractivity contribution in [1.82, 2.24) is 20.4 Å². The standard InChI is InChI=1S/C27H28Cl2N6O5/c28-19-13-17-15-35(22(36)8-7-16-5-1-2-6-20(16)33-40)12-9-18(17)24(29)23(19)25(37)32-21(26(38)39)14-31-27(30)34-10-3-4-11-34/h1-2,5-8,13,21H,3-4,9-12,14-15H2,(H2,30,31)(H,32,37)(H,38,39)/b8-7+/t21-/m0/s1. The van der Waals surface area contributed by atoms with E-state index in [1.165, 1.54) is 12.2 Å². The van der Waals surface area contributed by atoms with Gasteiger partial charge < -0.3 is 25.5 Å². The molecule has 0 aromatic heterocycles. The van der Waals surface area contributed by atoms with Crippen molar-refractivity contribution in [2.45, 2.75) is 31.8 Å². The number of carboxylic acids is 1. The third-order valence-corrected chi connectivity index (χ3v) is 7.60. The Morgan fingerprint density at radius 2 is 1.85 bits per heavy atom. The van der Waals surface area contributed by atoms with Crippen LogP contribution in [0.1, 0.15) is 39.9 Å². The number of carboxylic acid groups (broad SMARTS) is 1. The van der Waals surface area contributed by atoms with Gasteiger partial charge in [-0.1, -0.05) is 41.4 Å². The van der Waals surface area contributed by atoms with Gasteiger partial charge in [0.25, 0.3) is 5.91 Å². The average molecular weight is 587 g/mol. The van der Waals surface area contributed by atoms with Gasteiger partial charge in [0.05, 0.1) is 15.6 Å². The van der Waals surface area contributed by atoms with Crippen LogP contribution in [0.2, 0.25) is 10.0 Å². The van der Waals surface area contributed by atoms with E-state index in [0.29, 0.717) is 29.7 Å². The minimum atomic E-state index is -1.32. The van der Waals surface area contributed by atoms with Crippen LogP contribution in [-0.2, 0) is 22.6 Å². The highest BCUT2D eigenvalue weighted by Gasteiger charge is 2.29. The molecule has 2 aromatic rings. The first-order valence-electron chi connectivity index (χ1n) is 12.7. The molecule has 2 aromatic carbocycles. The van der Waals surface area contributed by atoms with Crippen molar-refractivity contribution in [2.75, 3.05) is 26.2 Å². The number of carbonyl (C=O) groups excluding carboxylic acids is 2. The SMILES string of the molecule is N=C(NC[C@H](NC(=O)c1c(Cl)cc2c(c1Cl)CCN(C(=O)/C=C/c1ccccc1N=O)C2)C(=O)O)N1CCCC1. The number of carbonyl (C=O) groups is 3. The Bertz CT molecular complexity index is 1380. The van der Waals surface area contributed by atoms with Crippen molar-refractivity contribution >= 4 is 58.7 Å². The molecule has 0 unspecified atom stereocenters. The zero-order valence-electron chi connectivity index (χ0n) is 21.5. The molecule has 1 fully saturated rings. The van der Waals surface area contributed by atoms with Gasteiger partial charge in [0.1, 0.15) is 11.7 Å². The minimum Gasteiger partial charge on any atom is -0.480 e. The van der Waals surface area contributed by atoms with Crippen LogP contribution < -0.4 is 10.6 Å². The van der Waals surface area contributed by atoms with E-state index in [1.54, 1.807) is 35.2 Å². The van der Waals surface area contributed by atoms with Gasteiger partial charge in [0.2, 0.25) is 5.91 Å². The second-order valence-corrected chi connectivity index (χ2v) is 10.3. The van der Waals surface area contributed by atoms with Gasteiger partial charge in [0, 0.05) is 44.4 Å². The number of rotatable bonds is 8. The molecule has 40 heavy (non-hydrogen) atoms. The maximum atomic E-state index is 13.1. The highest BCUT2D eigenvalue weighted by Crippen LogP contribution is 2.35. The maximum absolute atomic E-state index is 13.1. The number of benzene rings is 2. The monoisotopic (exact) mass is 586 g/mol. The number of nitrogens with zero attached hydrogens (tertiary/aromatic N) is 3. The largest absolute Gasteiger partial charge is 0.480 e. The summed E-state index contributed by atoms with van der Waals surface area (Å²) in [6.45, 7) is 1.79. The fourth-order valence-electron chi connectivity index (χ4n) is 4.71. The van der Waals surface area contributed by atoms with Crippen molar-refractivity contribution in [2.24, 2.45) is 5.18 Å². The number of aliphatic carboxylic acids is 1. The number of nitroso groups, excluding NO2 is 1. The molecule has 1 saturated heterocycles. The Morgan fingerprint density at radius 1 is 1.12 bits per heavy atom. The lowest BCUT2D eigenvalue weighted by molar-refractivity contribution is -0.139. The summed E-state index contributed by atoms with van der Waals surface area (Å²) in [5, 5.41) is 26.0. The molecule has 2 amide bonds. The van der Waals surface area contributed by atoms with Crippen LogP contribution in [0.4, 0.5) is 5.69 Å². The highest BCUT2D eigenvalue weighted by atomic mass is 35.5. The molecule has 0 saturated carbocycles. The van der Waals surface area contributed by atoms with E-state index in [1.807, 2.05) is 4.90 Å². The highest BCUT2D eigenvalue weighted by molar-refractivity contribution is 6.40. The Morgan fingerprint density at radius 3 is 2.55 bits per heavy atom. The van der Waals surface area contributed by atoms with Crippen molar-refractivity contribution in [1.29, 1.82) is 5.41 Å². The van der Waals surface area contributed by atoms with Gasteiger partial charge in [0.15, 0.2) is 5.96 Å². The first kappa shape index (κ1) is 29.0. The van der Waals surface area contributed by atoms with E-state index < -0.39 is 17.9 Å². The summed E-state index contributed by atoms with van der Waals surface area (Å²) in [6, 6.07) is 6.89. The quantitative estimate of drug-likeness (QED) is 0.159. The van der Waals surface area contributed by atoms with E-state index in [0.717, 1.165) is 25.9 Å². The normalized spacial score (nSPS) is 15.4. The number of halogens is 2. The van der Waals surface area contributed by atoms with Crippen LogP contribution in [0.5, 0.6) is 0 Å². The van der Waals surface area contributed by atoms with Gasteiger partial charge in [-0.2, -0.15) is 0 Å². The summed E-state index contributed by atoms with van der Waals surface area (Å²) in [7, 11) is 0. The first-order chi connectivity index (χ1) is 19.2. The molecule has 0 spiro atoms. The van der Waals surface area contributed by atoms with Crippen LogP contribution in [0, 0.1) is 10.3 Å². The van der Waals surface area contributed by atoms with Crippen LogP contribution in [0.15, 0.2) is 41.6 Å². The first-order valence-corrected chi connectivity index (χ1v) is 13.4. The van der Waals surface area contributed by atoms with Crippen molar-refractivity contribution in [3.63, 3.8) is 0 Å². The Kier molecular flexibility index (Phi) is 9.38. The lowest BCUT2D eigenvalue weighted by atomic mass is 9.96. The van der Waals surface area contributed by atoms with Crippen LogP contribution in [0.25, 0.3) is 6.08 Å². The molecular formula is C27H28Cl2N6O5. The minimum absolute atomic E-state index is 0.0268. The molecule has 2 heterocycles. The fraction of sp³-hybridized carbons (Fsp3) is 0.333. The molecule has 210 valence electrons. The third-order valence-electron chi connectivity index (χ3n) is 6.88. The lowest BCUT2D eigenvalue weighted by Gasteiger charge is -2.30. The van der Waals surface area contributed by atoms with Crippen molar-refractivity contribution in [3.8, 4) is 0 Å². The molecule has 0 radical (unpaired) electrons. The molecule has 13 heteroatoms. The number of hydrogen-bond donors (Lipinski definition) is 4. The number of hydrogen-bond acceptors (Lipinski definition) is 6. The number of likely N-dealkylation sites (tertiary alicyclic amines) is 1. The summed E-state index contributed by atoms with van der Waals surface area (Å²) < 4.78 is 0. The summed E-state index contributed by atoms with van der Waals surface area (Å²) in [5.74, 6) is -2.18. The molecule has 2 aliphatic rings. The van der Waals surface area contributed by atoms with E-state index in [-0.39, 0.29) is 46.3 Å². The second kappa shape index (κ2) is 12.9. The van der Waals surface area contributed by atoms with E-state index in [2.05, 4.69) is 15.8 Å². The topological polar surface area (TPSA) is 155 Å². The Balaban J connectivity index is 1.44. The van der Waals surface area contributed by atoms with Gasteiger partial charge in [-0.3, -0.25) is 15.0 Å². The van der Waals surface area contributed by atoms with Gasteiger partial charge in [-0.05, 0) is 53.8 Å². The Labute approximate surface area is 240 Å². The maximum Gasteiger partial charge on any atom is 0.328 e. The van der Waals surface area contributed by atoms with Gasteiger partial charge >= 0.3 is 5.97 Å². The van der Waals surface area contributed by atoms with Crippen LogP contribution in [0.3, 0.4) is 0 Å². The van der Waals surface area contributed by atoms with Crippen molar-refractivity contribution < 1.29 is 19.5 Å². The van der Waals surface area contributed by atoms with E-state index in [9.17, 15) is 24.4 Å². The zero-order chi connectivity index (χ0) is 28.8. The zero-order valence-corrected chi connectivity index (χ0v) is 23.0. The molecule has 0 bridgehead atoms. The molecule has 1 atom stereocenters. The second-order valence-electron chi connectivity index (χ2n) is 9.47. The predicted molar refractivity (Wildman–Crippen MR) is 152 cm³/mol. The summed E-state index contributed by atoms with van der Waals surface area (Å²) >= 11 is 13.0. The molecule has 2 aliphatic heterocycles. The van der Waals surface area contributed by atoms with Crippen LogP contribution in [-0.4, -0.2) is 70.9 Å². The number of nitrogens with one attached hydrogen (secondary N) is 3. The van der Waals surface area contributed by atoms with Crippen LogP contribution >= 0.6 is 23.2 Å². The molecule has 0 aliphatic carbocycles. The van der Waals surface area contributed by atoms with Crippen molar-refractivity contribution in [3.05, 3.63) is 73.6 Å². The summed E-state index contributed by atoms with van der Waals surface area (Å²) in [5.41, 5.74) is 2.03. The predicted octanol–water partition coefficient (Wildman–Crippen LogP) is 3.79. The molecule has 11 nitrogen and oxygen atoms in total. The van der Waals surface area contributed by atoms with E-state index in [4.69, 9.17) is 28.6 Å². The molecular weight excluding hydrogens is 559 g/mol. The lowest BCUT2D eigenvalue weighted by Crippen LogP contribution is -2.51. The fourth-order valence-corrected chi connectivity index (χ4v) is 5.47.